The van der Waals surface area contributed by atoms with Gasteiger partial charge in [-0.05, 0) is 24.1 Å². The third-order valence-corrected chi connectivity index (χ3v) is 4.00. The Balaban J connectivity index is 1.94. The van der Waals surface area contributed by atoms with Gasteiger partial charge in [-0.3, -0.25) is 0 Å². The highest BCUT2D eigenvalue weighted by Gasteiger charge is 2.40. The van der Waals surface area contributed by atoms with Crippen molar-refractivity contribution in [1.82, 2.24) is 5.32 Å². The highest BCUT2D eigenvalue weighted by molar-refractivity contribution is 5.34. The Kier molecular flexibility index (Phi) is 2.90. The Morgan fingerprint density at radius 3 is 2.82 bits per heavy atom. The first-order valence-corrected chi connectivity index (χ1v) is 6.41. The summed E-state index contributed by atoms with van der Waals surface area (Å²) in [4.78, 5) is 0. The van der Waals surface area contributed by atoms with Crippen molar-refractivity contribution in [2.75, 3.05) is 19.8 Å². The van der Waals surface area contributed by atoms with Crippen molar-refractivity contribution in [3.63, 3.8) is 0 Å². The van der Waals surface area contributed by atoms with E-state index in [1.165, 1.54) is 11.1 Å². The highest BCUT2D eigenvalue weighted by Crippen LogP contribution is 2.37. The summed E-state index contributed by atoms with van der Waals surface area (Å²) in [6.45, 7) is 2.28. The van der Waals surface area contributed by atoms with Crippen LogP contribution in [0.2, 0.25) is 0 Å². The number of nitrogens with one attached hydrogen (secondary N) is 1. The number of hydrogen-bond acceptors (Lipinski definition) is 3. The fourth-order valence-electron chi connectivity index (χ4n) is 3.00. The Hall–Kier alpha value is -0.900. The van der Waals surface area contributed by atoms with Gasteiger partial charge in [-0.15, -0.1) is 0 Å². The standard InChI is InChI=1S/C14H19NO2/c16-14(6-9-17-10-7-14)13-12-4-2-1-3-11(12)5-8-15-13/h1-4,13,15-16H,5-10H2. The summed E-state index contributed by atoms with van der Waals surface area (Å²) in [5.74, 6) is 0. The van der Waals surface area contributed by atoms with Crippen molar-refractivity contribution in [2.24, 2.45) is 0 Å². The minimum Gasteiger partial charge on any atom is -0.388 e. The molecule has 2 heterocycles. The third-order valence-electron chi connectivity index (χ3n) is 4.00. The Morgan fingerprint density at radius 2 is 2.00 bits per heavy atom. The monoisotopic (exact) mass is 233 g/mol. The van der Waals surface area contributed by atoms with E-state index >= 15 is 0 Å². The van der Waals surface area contributed by atoms with Crippen molar-refractivity contribution in [3.05, 3.63) is 35.4 Å². The van der Waals surface area contributed by atoms with Gasteiger partial charge < -0.3 is 15.2 Å². The highest BCUT2D eigenvalue weighted by atomic mass is 16.5. The van der Waals surface area contributed by atoms with Gasteiger partial charge in [-0.1, -0.05) is 24.3 Å². The predicted octanol–water partition coefficient (Wildman–Crippen LogP) is 1.41. The molecule has 0 saturated carbocycles. The van der Waals surface area contributed by atoms with E-state index < -0.39 is 5.60 Å². The van der Waals surface area contributed by atoms with Gasteiger partial charge in [0.1, 0.15) is 0 Å². The quantitative estimate of drug-likeness (QED) is 0.770. The fraction of sp³-hybridized carbons (Fsp3) is 0.571. The molecule has 3 heteroatoms. The molecular weight excluding hydrogens is 214 g/mol. The second-order valence-electron chi connectivity index (χ2n) is 5.05. The number of benzene rings is 1. The first-order chi connectivity index (χ1) is 8.30. The molecule has 3 rings (SSSR count). The zero-order valence-electron chi connectivity index (χ0n) is 9.98. The summed E-state index contributed by atoms with van der Waals surface area (Å²) in [7, 11) is 0. The van der Waals surface area contributed by atoms with Crippen LogP contribution < -0.4 is 5.32 Å². The molecule has 3 nitrogen and oxygen atoms in total. The summed E-state index contributed by atoms with van der Waals surface area (Å²) in [5.41, 5.74) is 1.99. The number of ether oxygens (including phenoxy) is 1. The van der Waals surface area contributed by atoms with E-state index in [1.54, 1.807) is 0 Å². The second-order valence-corrected chi connectivity index (χ2v) is 5.05. The average molecular weight is 233 g/mol. The summed E-state index contributed by atoms with van der Waals surface area (Å²) in [6.07, 6.45) is 2.50. The van der Waals surface area contributed by atoms with E-state index in [1.807, 2.05) is 0 Å². The third kappa shape index (κ3) is 1.99. The van der Waals surface area contributed by atoms with Crippen molar-refractivity contribution in [1.29, 1.82) is 0 Å². The van der Waals surface area contributed by atoms with Crippen LogP contribution in [0.15, 0.2) is 24.3 Å². The molecule has 2 aliphatic rings. The average Bonchev–Trinajstić information content (AvgIpc) is 2.39. The zero-order valence-corrected chi connectivity index (χ0v) is 9.98. The van der Waals surface area contributed by atoms with Crippen molar-refractivity contribution in [2.45, 2.75) is 30.9 Å². The van der Waals surface area contributed by atoms with Gasteiger partial charge in [0.25, 0.3) is 0 Å². The molecule has 0 spiro atoms. The lowest BCUT2D eigenvalue weighted by molar-refractivity contribution is -0.0874. The molecule has 1 aromatic rings. The van der Waals surface area contributed by atoms with Crippen LogP contribution in [-0.2, 0) is 11.2 Å². The number of rotatable bonds is 1. The first kappa shape index (κ1) is 11.2. The van der Waals surface area contributed by atoms with Crippen LogP contribution in [-0.4, -0.2) is 30.5 Å². The number of hydrogen-bond donors (Lipinski definition) is 2. The summed E-state index contributed by atoms with van der Waals surface area (Å²) >= 11 is 0. The zero-order chi connectivity index (χ0) is 11.7. The number of fused-ring (bicyclic) bond motifs is 1. The molecule has 1 atom stereocenters. The van der Waals surface area contributed by atoms with Crippen LogP contribution in [0.1, 0.15) is 30.0 Å². The Labute approximate surface area is 102 Å². The van der Waals surface area contributed by atoms with E-state index in [9.17, 15) is 5.11 Å². The van der Waals surface area contributed by atoms with E-state index in [0.717, 1.165) is 25.8 Å². The van der Waals surface area contributed by atoms with Crippen LogP contribution in [0.3, 0.4) is 0 Å². The summed E-state index contributed by atoms with van der Waals surface area (Å²) in [6, 6.07) is 8.51. The van der Waals surface area contributed by atoms with Gasteiger partial charge in [0.2, 0.25) is 0 Å². The van der Waals surface area contributed by atoms with Crippen molar-refractivity contribution in [3.8, 4) is 0 Å². The lowest BCUT2D eigenvalue weighted by Gasteiger charge is -2.42. The SMILES string of the molecule is OC1(C2NCCc3ccccc32)CCOCC1. The van der Waals surface area contributed by atoms with E-state index in [0.29, 0.717) is 13.2 Å². The molecule has 0 aliphatic carbocycles. The Bertz CT molecular complexity index is 399. The van der Waals surface area contributed by atoms with E-state index in [4.69, 9.17) is 4.74 Å². The lowest BCUT2D eigenvalue weighted by Crippen LogP contribution is -2.50. The van der Waals surface area contributed by atoms with Crippen LogP contribution >= 0.6 is 0 Å². The number of aliphatic hydroxyl groups is 1. The summed E-state index contributed by atoms with van der Waals surface area (Å²) in [5, 5.41) is 14.3. The molecule has 1 fully saturated rings. The maximum Gasteiger partial charge on any atom is 0.0885 e. The molecule has 1 saturated heterocycles. The first-order valence-electron chi connectivity index (χ1n) is 6.41. The fourth-order valence-corrected chi connectivity index (χ4v) is 3.00. The second kappa shape index (κ2) is 4.41. The molecule has 1 aromatic carbocycles. The van der Waals surface area contributed by atoms with Gasteiger partial charge in [0, 0.05) is 26.1 Å². The van der Waals surface area contributed by atoms with E-state index in [2.05, 4.69) is 29.6 Å². The minimum absolute atomic E-state index is 0.0661. The lowest BCUT2D eigenvalue weighted by atomic mass is 9.79. The molecule has 0 amide bonds. The van der Waals surface area contributed by atoms with Crippen LogP contribution in [0.25, 0.3) is 0 Å². The van der Waals surface area contributed by atoms with Crippen molar-refractivity contribution >= 4 is 0 Å². The molecule has 0 bridgehead atoms. The van der Waals surface area contributed by atoms with E-state index in [-0.39, 0.29) is 6.04 Å². The molecule has 2 N–H and O–H groups in total. The normalized spacial score (nSPS) is 27.5. The molecule has 1 unspecified atom stereocenters. The van der Waals surface area contributed by atoms with Gasteiger partial charge in [-0.2, -0.15) is 0 Å². The smallest absolute Gasteiger partial charge is 0.0885 e. The molecule has 2 aliphatic heterocycles. The minimum atomic E-state index is -0.644. The van der Waals surface area contributed by atoms with Gasteiger partial charge in [0.05, 0.1) is 11.6 Å². The van der Waals surface area contributed by atoms with Gasteiger partial charge >= 0.3 is 0 Å². The molecular formula is C14H19NO2. The molecule has 17 heavy (non-hydrogen) atoms. The maximum absolute atomic E-state index is 10.8. The summed E-state index contributed by atoms with van der Waals surface area (Å²) < 4.78 is 5.36. The van der Waals surface area contributed by atoms with Gasteiger partial charge in [0.15, 0.2) is 0 Å². The Morgan fingerprint density at radius 1 is 1.24 bits per heavy atom. The molecule has 0 aromatic heterocycles. The van der Waals surface area contributed by atoms with Crippen LogP contribution in [0.5, 0.6) is 0 Å². The van der Waals surface area contributed by atoms with Crippen molar-refractivity contribution < 1.29 is 9.84 Å². The van der Waals surface area contributed by atoms with Crippen LogP contribution in [0, 0.1) is 0 Å². The van der Waals surface area contributed by atoms with Gasteiger partial charge in [-0.25, -0.2) is 0 Å². The largest absolute Gasteiger partial charge is 0.388 e. The maximum atomic E-state index is 10.8. The predicted molar refractivity (Wildman–Crippen MR) is 65.9 cm³/mol. The molecule has 92 valence electrons. The topological polar surface area (TPSA) is 41.5 Å². The van der Waals surface area contributed by atoms with Crippen LogP contribution in [0.4, 0.5) is 0 Å². The molecule has 0 radical (unpaired) electrons.